The fourth-order valence-electron chi connectivity index (χ4n) is 2.02. The first kappa shape index (κ1) is 11.4. The highest BCUT2D eigenvalue weighted by Gasteiger charge is 2.24. The van der Waals surface area contributed by atoms with E-state index in [2.05, 4.69) is 37.5 Å². The number of fused-ring (bicyclic) bond motifs is 1. The van der Waals surface area contributed by atoms with Gasteiger partial charge in [-0.15, -0.1) is 0 Å². The molecule has 16 heavy (non-hydrogen) atoms. The van der Waals surface area contributed by atoms with E-state index in [0.717, 1.165) is 12.2 Å². The van der Waals surface area contributed by atoms with Crippen LogP contribution in [0.3, 0.4) is 0 Å². The molecule has 2 unspecified atom stereocenters. The maximum absolute atomic E-state index is 5.59. The van der Waals surface area contributed by atoms with Gasteiger partial charge in [-0.2, -0.15) is 5.48 Å². The molecule has 0 saturated carbocycles. The molecule has 0 aromatic heterocycles. The number of ether oxygens (including phenoxy) is 1. The van der Waals surface area contributed by atoms with Gasteiger partial charge in [-0.25, -0.2) is 0 Å². The predicted molar refractivity (Wildman–Crippen MR) is 63.5 cm³/mol. The van der Waals surface area contributed by atoms with Crippen molar-refractivity contribution in [3.8, 4) is 5.75 Å². The number of rotatable bonds is 4. The van der Waals surface area contributed by atoms with Crippen molar-refractivity contribution in [3.63, 3.8) is 0 Å². The highest BCUT2D eigenvalue weighted by atomic mass is 16.6. The van der Waals surface area contributed by atoms with Crippen LogP contribution in [0.4, 0.5) is 0 Å². The van der Waals surface area contributed by atoms with Crippen molar-refractivity contribution in [2.75, 3.05) is 13.7 Å². The van der Waals surface area contributed by atoms with Crippen LogP contribution in [0.15, 0.2) is 18.2 Å². The SMILES string of the molecule is CCC(C)c1ccc2c(c1)C(NOC)CO2. The Morgan fingerprint density at radius 1 is 1.56 bits per heavy atom. The lowest BCUT2D eigenvalue weighted by atomic mass is 9.95. The molecule has 1 aromatic rings. The van der Waals surface area contributed by atoms with Crippen LogP contribution in [0.2, 0.25) is 0 Å². The van der Waals surface area contributed by atoms with Gasteiger partial charge < -0.3 is 9.57 Å². The molecule has 3 nitrogen and oxygen atoms in total. The van der Waals surface area contributed by atoms with Crippen LogP contribution in [0.25, 0.3) is 0 Å². The smallest absolute Gasteiger partial charge is 0.124 e. The Labute approximate surface area is 96.7 Å². The molecule has 1 aliphatic heterocycles. The van der Waals surface area contributed by atoms with E-state index >= 15 is 0 Å². The number of hydroxylamine groups is 1. The molecule has 0 amide bonds. The molecule has 0 fully saturated rings. The molecule has 0 saturated heterocycles. The normalized spacial score (nSPS) is 20.3. The number of nitrogens with one attached hydrogen (secondary N) is 1. The van der Waals surface area contributed by atoms with Crippen LogP contribution in [-0.4, -0.2) is 13.7 Å². The summed E-state index contributed by atoms with van der Waals surface area (Å²) in [6.07, 6.45) is 1.15. The molecular formula is C13H19NO2. The van der Waals surface area contributed by atoms with Crippen molar-refractivity contribution < 1.29 is 9.57 Å². The van der Waals surface area contributed by atoms with Gasteiger partial charge in [0.15, 0.2) is 0 Å². The molecular weight excluding hydrogens is 202 g/mol. The maximum atomic E-state index is 5.59. The van der Waals surface area contributed by atoms with E-state index in [-0.39, 0.29) is 6.04 Å². The second kappa shape index (κ2) is 4.85. The largest absolute Gasteiger partial charge is 0.491 e. The van der Waals surface area contributed by atoms with Gasteiger partial charge >= 0.3 is 0 Å². The topological polar surface area (TPSA) is 30.5 Å². The fraction of sp³-hybridized carbons (Fsp3) is 0.538. The molecule has 2 rings (SSSR count). The third-order valence-corrected chi connectivity index (χ3v) is 3.26. The highest BCUT2D eigenvalue weighted by molar-refractivity contribution is 5.43. The predicted octanol–water partition coefficient (Wildman–Crippen LogP) is 2.78. The Morgan fingerprint density at radius 3 is 3.06 bits per heavy atom. The van der Waals surface area contributed by atoms with E-state index in [1.54, 1.807) is 7.11 Å². The van der Waals surface area contributed by atoms with Gasteiger partial charge in [-0.05, 0) is 24.0 Å². The van der Waals surface area contributed by atoms with Crippen LogP contribution >= 0.6 is 0 Å². The van der Waals surface area contributed by atoms with Crippen LogP contribution in [0.1, 0.15) is 43.4 Å². The third kappa shape index (κ3) is 2.06. The number of hydrogen-bond acceptors (Lipinski definition) is 3. The summed E-state index contributed by atoms with van der Waals surface area (Å²) in [6, 6.07) is 6.60. The zero-order valence-corrected chi connectivity index (χ0v) is 10.1. The minimum Gasteiger partial charge on any atom is -0.491 e. The van der Waals surface area contributed by atoms with Gasteiger partial charge in [0.2, 0.25) is 0 Å². The van der Waals surface area contributed by atoms with Gasteiger partial charge in [-0.3, -0.25) is 0 Å². The van der Waals surface area contributed by atoms with Crippen LogP contribution < -0.4 is 10.2 Å². The molecule has 0 spiro atoms. The quantitative estimate of drug-likeness (QED) is 0.793. The molecule has 0 aliphatic carbocycles. The van der Waals surface area contributed by atoms with Crippen LogP contribution in [0.5, 0.6) is 5.75 Å². The van der Waals surface area contributed by atoms with E-state index < -0.39 is 0 Å². The third-order valence-electron chi connectivity index (χ3n) is 3.26. The molecule has 0 bridgehead atoms. The Morgan fingerprint density at radius 2 is 2.38 bits per heavy atom. The summed E-state index contributed by atoms with van der Waals surface area (Å²) in [5, 5.41) is 0. The van der Waals surface area contributed by atoms with Gasteiger partial charge in [0.05, 0.1) is 13.2 Å². The van der Waals surface area contributed by atoms with Crippen molar-refractivity contribution in [1.82, 2.24) is 5.48 Å². The summed E-state index contributed by atoms with van der Waals surface area (Å²) in [5.74, 6) is 1.57. The summed E-state index contributed by atoms with van der Waals surface area (Å²) >= 11 is 0. The maximum Gasteiger partial charge on any atom is 0.124 e. The van der Waals surface area contributed by atoms with Crippen molar-refractivity contribution in [1.29, 1.82) is 0 Å². The number of hydrogen-bond donors (Lipinski definition) is 1. The Hall–Kier alpha value is -1.06. The first-order valence-electron chi connectivity index (χ1n) is 5.81. The summed E-state index contributed by atoms with van der Waals surface area (Å²) < 4.78 is 5.59. The molecule has 0 radical (unpaired) electrons. The van der Waals surface area contributed by atoms with Crippen molar-refractivity contribution in [3.05, 3.63) is 29.3 Å². The van der Waals surface area contributed by atoms with E-state index in [9.17, 15) is 0 Å². The zero-order valence-electron chi connectivity index (χ0n) is 10.1. The lowest BCUT2D eigenvalue weighted by Gasteiger charge is -2.13. The average molecular weight is 221 g/mol. The first-order chi connectivity index (χ1) is 7.76. The van der Waals surface area contributed by atoms with Crippen LogP contribution in [0, 0.1) is 0 Å². The molecule has 1 heterocycles. The van der Waals surface area contributed by atoms with Gasteiger partial charge in [-0.1, -0.05) is 26.0 Å². The highest BCUT2D eigenvalue weighted by Crippen LogP contribution is 2.35. The van der Waals surface area contributed by atoms with E-state index in [1.807, 2.05) is 0 Å². The number of benzene rings is 1. The molecule has 1 N–H and O–H groups in total. The molecule has 88 valence electrons. The van der Waals surface area contributed by atoms with Crippen LogP contribution in [-0.2, 0) is 4.84 Å². The summed E-state index contributed by atoms with van der Waals surface area (Å²) in [5.41, 5.74) is 5.54. The summed E-state index contributed by atoms with van der Waals surface area (Å²) in [7, 11) is 1.64. The van der Waals surface area contributed by atoms with Gasteiger partial charge in [0.25, 0.3) is 0 Å². The standard InChI is InChI=1S/C13H19NO2/c1-4-9(2)10-5-6-13-11(7-10)12(8-16-13)14-15-3/h5-7,9,12,14H,4,8H2,1-3H3. The molecule has 1 aromatic carbocycles. The fourth-order valence-corrected chi connectivity index (χ4v) is 2.02. The van der Waals surface area contributed by atoms with E-state index in [1.165, 1.54) is 11.1 Å². The second-order valence-electron chi connectivity index (χ2n) is 4.29. The summed E-state index contributed by atoms with van der Waals surface area (Å²) in [6.45, 7) is 5.10. The first-order valence-corrected chi connectivity index (χ1v) is 5.81. The van der Waals surface area contributed by atoms with Gasteiger partial charge in [0, 0.05) is 5.56 Å². The minimum absolute atomic E-state index is 0.156. The minimum atomic E-state index is 0.156. The molecule has 3 heteroatoms. The Bertz CT molecular complexity index is 363. The Kier molecular flexibility index (Phi) is 3.46. The second-order valence-corrected chi connectivity index (χ2v) is 4.29. The molecule has 1 aliphatic rings. The molecule has 2 atom stereocenters. The Balaban J connectivity index is 2.26. The van der Waals surface area contributed by atoms with Crippen molar-refractivity contribution in [2.45, 2.75) is 32.2 Å². The average Bonchev–Trinajstić information content (AvgIpc) is 2.71. The van der Waals surface area contributed by atoms with E-state index in [4.69, 9.17) is 9.57 Å². The van der Waals surface area contributed by atoms with Crippen molar-refractivity contribution >= 4 is 0 Å². The lowest BCUT2D eigenvalue weighted by Crippen LogP contribution is -2.21. The van der Waals surface area contributed by atoms with Crippen molar-refractivity contribution in [2.24, 2.45) is 0 Å². The zero-order chi connectivity index (χ0) is 11.5. The summed E-state index contributed by atoms with van der Waals surface area (Å²) in [4.78, 5) is 4.98. The van der Waals surface area contributed by atoms with E-state index in [0.29, 0.717) is 12.5 Å². The van der Waals surface area contributed by atoms with Gasteiger partial charge in [0.1, 0.15) is 12.4 Å². The monoisotopic (exact) mass is 221 g/mol. The lowest BCUT2D eigenvalue weighted by molar-refractivity contribution is 0.0536.